The van der Waals surface area contributed by atoms with Crippen LogP contribution in [0.1, 0.15) is 110 Å². The summed E-state index contributed by atoms with van der Waals surface area (Å²) >= 11 is 9.44. The van der Waals surface area contributed by atoms with Crippen molar-refractivity contribution in [3.63, 3.8) is 0 Å². The normalized spacial score (nSPS) is 17.8. The summed E-state index contributed by atoms with van der Waals surface area (Å²) in [4.78, 5) is 68.2. The van der Waals surface area contributed by atoms with Gasteiger partial charge < -0.3 is 30.7 Å². The van der Waals surface area contributed by atoms with E-state index < -0.39 is 65.3 Å². The maximum atomic E-state index is 15.2. The van der Waals surface area contributed by atoms with Crippen molar-refractivity contribution in [2.45, 2.75) is 112 Å². The van der Waals surface area contributed by atoms with Crippen molar-refractivity contribution in [2.24, 2.45) is 10.4 Å². The Morgan fingerprint density at radius 1 is 0.973 bits per heavy atom. The molecule has 0 spiro atoms. The molecule has 0 saturated carbocycles. The maximum absolute atomic E-state index is 15.2. The molecule has 15 nitrogen and oxygen atoms in total. The number of fused-ring (bicyclic) bond motifs is 3. The molecule has 19 heteroatoms. The highest BCUT2D eigenvalue weighted by Crippen LogP contribution is 2.40. The molecule has 382 valence electrons. The number of carbonyl (C=O) groups is 4. The zero-order valence-corrected chi connectivity index (χ0v) is 44.5. The second-order valence-electron chi connectivity index (χ2n) is 19.7. The van der Waals surface area contributed by atoms with E-state index in [0.29, 0.717) is 22.4 Å². The lowest BCUT2D eigenvalue weighted by molar-refractivity contribution is -0.143. The van der Waals surface area contributed by atoms with Crippen LogP contribution in [0.25, 0.3) is 21.5 Å². The van der Waals surface area contributed by atoms with E-state index in [9.17, 15) is 24.3 Å². The molecule has 0 aliphatic carbocycles. The number of benzene rings is 3. The third-order valence-corrected chi connectivity index (χ3v) is 15.5. The van der Waals surface area contributed by atoms with E-state index in [1.54, 1.807) is 55.9 Å². The first-order valence-corrected chi connectivity index (χ1v) is 26.1. The van der Waals surface area contributed by atoms with Crippen molar-refractivity contribution in [1.29, 1.82) is 0 Å². The third kappa shape index (κ3) is 11.8. The largest absolute Gasteiger partial charge is 0.489 e. The molecule has 8 rings (SSSR count). The topological polar surface area (TPSA) is 193 Å². The second kappa shape index (κ2) is 21.9. The Morgan fingerprint density at radius 2 is 1.68 bits per heavy atom. The van der Waals surface area contributed by atoms with E-state index in [1.165, 1.54) is 29.2 Å². The molecule has 4 N–H and O–H groups in total. The molecule has 2 aliphatic heterocycles. The number of aliphatic hydroxyl groups excluding tert-OH is 1. The van der Waals surface area contributed by atoms with E-state index in [0.717, 1.165) is 60.1 Å². The van der Waals surface area contributed by atoms with Gasteiger partial charge in [0.2, 0.25) is 23.6 Å². The number of aliphatic imine (C=N–C) groups is 1. The number of rotatable bonds is 15. The average Bonchev–Trinajstić information content (AvgIpc) is 4.12. The highest BCUT2D eigenvalue weighted by molar-refractivity contribution is 7.15. The molecule has 6 aromatic rings. The highest BCUT2D eigenvalue weighted by Gasteiger charge is 2.45. The molecule has 4 amide bonds. The van der Waals surface area contributed by atoms with Gasteiger partial charge in [-0.25, -0.2) is 9.37 Å². The van der Waals surface area contributed by atoms with Crippen molar-refractivity contribution in [3.05, 3.63) is 139 Å². The number of thiophene rings is 1. The molecular formula is C54H59ClFN9O6S2. The number of likely N-dealkylation sites (tertiary alicyclic amines) is 1. The zero-order chi connectivity index (χ0) is 52.5. The number of aromatic nitrogens is 4. The van der Waals surface area contributed by atoms with Gasteiger partial charge in [-0.2, -0.15) is 0 Å². The van der Waals surface area contributed by atoms with Crippen LogP contribution in [0.2, 0.25) is 5.02 Å². The fourth-order valence-electron chi connectivity index (χ4n) is 9.01. The minimum absolute atomic E-state index is 0.0236. The highest BCUT2D eigenvalue weighted by atomic mass is 35.5. The smallest absolute Gasteiger partial charge is 0.246 e. The number of nitrogens with zero attached hydrogens (tertiary/aromatic N) is 6. The Balaban J connectivity index is 0.882. The first-order chi connectivity index (χ1) is 34.7. The molecule has 1 saturated heterocycles. The Labute approximate surface area is 437 Å². The molecular weight excluding hydrogens is 989 g/mol. The molecule has 0 radical (unpaired) electrons. The molecule has 2 aliphatic rings. The first kappa shape index (κ1) is 52.7. The number of β-amino-alcohol motifs (C(OH)–C–C–N with tert-alkyl or cyclic N) is 1. The van der Waals surface area contributed by atoms with Gasteiger partial charge in [-0.05, 0) is 100 Å². The number of aryl methyl sites for hydroxylation is 3. The summed E-state index contributed by atoms with van der Waals surface area (Å²) in [5.74, 6) is -1.02. The van der Waals surface area contributed by atoms with Crippen molar-refractivity contribution in [2.75, 3.05) is 13.1 Å². The summed E-state index contributed by atoms with van der Waals surface area (Å²) in [7, 11) is 0. The Kier molecular flexibility index (Phi) is 15.8. The Hall–Kier alpha value is -6.60. The number of aliphatic hydroxyl groups is 1. The molecule has 6 atom stereocenters. The van der Waals surface area contributed by atoms with Gasteiger partial charge in [-0.1, -0.05) is 68.8 Å². The second-order valence-corrected chi connectivity index (χ2v) is 22.2. The quantitative estimate of drug-likeness (QED) is 0.0728. The molecule has 5 heterocycles. The van der Waals surface area contributed by atoms with Gasteiger partial charge in [0.1, 0.15) is 46.6 Å². The predicted molar refractivity (Wildman–Crippen MR) is 283 cm³/mol. The van der Waals surface area contributed by atoms with Crippen LogP contribution in [0.15, 0.2) is 83.3 Å². The lowest BCUT2D eigenvalue weighted by Gasteiger charge is -2.35. The van der Waals surface area contributed by atoms with Crippen molar-refractivity contribution >= 4 is 69.7 Å². The third-order valence-electron chi connectivity index (χ3n) is 13.1. The average molecular weight is 1050 g/mol. The van der Waals surface area contributed by atoms with E-state index in [-0.39, 0.29) is 37.4 Å². The van der Waals surface area contributed by atoms with Crippen molar-refractivity contribution in [1.82, 2.24) is 40.6 Å². The zero-order valence-electron chi connectivity index (χ0n) is 42.1. The predicted octanol–water partition coefficient (Wildman–Crippen LogP) is 8.73. The van der Waals surface area contributed by atoms with Crippen LogP contribution in [0.5, 0.6) is 5.75 Å². The SMILES string of the molecule is Cc1ncsc1-c1ccc([C@H](C)NC(=O)[C@@H]2C[C@@H](O)CN2C(=O)C(NC(=O)/C=C/c2cc(O[C@@H](C)CNC(=O)C[C@@H]3N=C(c4ccc(Cl)cc4)c4c(sc(C)c4C)-n4c(C)nnc43)ccc2F)C(C)(C)C)cc1. The fraction of sp³-hybridized carbons (Fsp3) is 0.370. The van der Waals surface area contributed by atoms with Crippen LogP contribution in [0, 0.1) is 38.9 Å². The van der Waals surface area contributed by atoms with E-state index in [1.807, 2.05) is 73.9 Å². The van der Waals surface area contributed by atoms with E-state index >= 15 is 4.39 Å². The number of amides is 4. The Morgan fingerprint density at radius 3 is 2.37 bits per heavy atom. The standard InChI is InChI=1S/C54H59ClFN9O6S2/c1-28(25-57-45(68)24-42-50-63-62-33(6)65(50)53-46(29(2)32(5)73-53)47(60-42)35-14-17-38(55)18-15-35)71-40-19-20-41(56)37(22-40)16-21-44(67)61-49(54(7,8)9)52(70)64-26-39(66)23-43(64)51(69)59-30(3)34-10-12-36(13-11-34)48-31(4)58-27-72-48/h10-22,27-28,30,39,42-43,49,66H,23-26H2,1-9H3,(H,57,68)(H,59,69)(H,61,67)/b21-16+/t28-,30-,39+,42-,43-,49?/m0/s1. The van der Waals surface area contributed by atoms with Crippen LogP contribution in [0.3, 0.4) is 0 Å². The lowest BCUT2D eigenvalue weighted by Crippen LogP contribution is -2.57. The molecule has 73 heavy (non-hydrogen) atoms. The van der Waals surface area contributed by atoms with Gasteiger partial charge in [0.05, 0.1) is 46.9 Å². The minimum atomic E-state index is -1.11. The molecule has 3 aromatic heterocycles. The number of hydrogen-bond donors (Lipinski definition) is 4. The summed E-state index contributed by atoms with van der Waals surface area (Å²) < 4.78 is 23.3. The van der Waals surface area contributed by atoms with Crippen molar-refractivity contribution in [3.8, 4) is 21.2 Å². The summed E-state index contributed by atoms with van der Waals surface area (Å²) in [6.07, 6.45) is 0.919. The summed E-state index contributed by atoms with van der Waals surface area (Å²) in [5.41, 5.74) is 7.49. The van der Waals surface area contributed by atoms with Crippen LogP contribution >= 0.6 is 34.3 Å². The van der Waals surface area contributed by atoms with Gasteiger partial charge in [-0.15, -0.1) is 32.9 Å². The number of thiazole rings is 1. The van der Waals surface area contributed by atoms with Crippen LogP contribution in [0.4, 0.5) is 4.39 Å². The van der Waals surface area contributed by atoms with Crippen LogP contribution in [-0.4, -0.2) is 96.5 Å². The van der Waals surface area contributed by atoms with E-state index in [4.69, 9.17) is 21.3 Å². The summed E-state index contributed by atoms with van der Waals surface area (Å²) in [6.45, 7) is 16.9. The van der Waals surface area contributed by atoms with Gasteiger partial charge in [-0.3, -0.25) is 28.7 Å². The fourth-order valence-corrected chi connectivity index (χ4v) is 11.2. The number of hydrogen-bond acceptors (Lipinski definition) is 12. The van der Waals surface area contributed by atoms with Gasteiger partial charge in [0.15, 0.2) is 5.82 Å². The van der Waals surface area contributed by atoms with Gasteiger partial charge >= 0.3 is 0 Å². The molecule has 1 unspecified atom stereocenters. The number of ether oxygens (including phenoxy) is 1. The minimum Gasteiger partial charge on any atom is -0.489 e. The number of halogens is 2. The summed E-state index contributed by atoms with van der Waals surface area (Å²) in [6, 6.07) is 16.3. The first-order valence-electron chi connectivity index (χ1n) is 24.0. The molecule has 3 aromatic carbocycles. The lowest BCUT2D eigenvalue weighted by atomic mass is 9.85. The van der Waals surface area contributed by atoms with Crippen LogP contribution in [-0.2, 0) is 19.2 Å². The summed E-state index contributed by atoms with van der Waals surface area (Å²) in [5, 5.41) is 29.8. The van der Waals surface area contributed by atoms with Gasteiger partial charge in [0.25, 0.3) is 0 Å². The number of carbonyl (C=O) groups excluding carboxylic acids is 4. The molecule has 1 fully saturated rings. The number of nitrogens with one attached hydrogen (secondary N) is 3. The van der Waals surface area contributed by atoms with E-state index in [2.05, 4.69) is 45.0 Å². The monoisotopic (exact) mass is 1050 g/mol. The Bertz CT molecular complexity index is 3110. The van der Waals surface area contributed by atoms with Crippen molar-refractivity contribution < 1.29 is 33.4 Å². The van der Waals surface area contributed by atoms with Gasteiger partial charge in [0, 0.05) is 45.6 Å². The molecule has 0 bridgehead atoms. The van der Waals surface area contributed by atoms with Crippen LogP contribution < -0.4 is 20.7 Å². The maximum Gasteiger partial charge on any atom is 0.246 e.